The zero-order chi connectivity index (χ0) is 12.6. The second-order valence-corrected chi connectivity index (χ2v) is 4.26. The molecule has 1 unspecified atom stereocenters. The molecule has 1 aromatic heterocycles. The summed E-state index contributed by atoms with van der Waals surface area (Å²) in [4.78, 5) is 3.19. The molecule has 0 saturated carbocycles. The zero-order valence-electron chi connectivity index (χ0n) is 9.70. The molecule has 1 atom stereocenters. The fourth-order valence-corrected chi connectivity index (χ4v) is 1.98. The highest BCUT2D eigenvalue weighted by molar-refractivity contribution is 5.85. The summed E-state index contributed by atoms with van der Waals surface area (Å²) in [5.41, 5.74) is 8.69. The number of phenolic OH excluding ortho intramolecular Hbond substituents is 1. The number of fused-ring (bicyclic) bond motifs is 1. The Hall–Kier alpha value is -1.94. The number of aromatic amines is 1. The van der Waals surface area contributed by atoms with Crippen molar-refractivity contribution in [2.45, 2.75) is 19.4 Å². The standard InChI is InChI=1S/C13H16N2O2/c1-7-11(6-12(14)8(2)16)10-4-3-9(17)5-13(10)15-7/h3-5,12,15-17H,2,6,14H2,1H3. The van der Waals surface area contributed by atoms with Crippen LogP contribution < -0.4 is 5.73 Å². The van der Waals surface area contributed by atoms with Gasteiger partial charge in [0, 0.05) is 22.7 Å². The molecule has 0 spiro atoms. The molecule has 0 amide bonds. The summed E-state index contributed by atoms with van der Waals surface area (Å²) in [5, 5.41) is 19.7. The van der Waals surface area contributed by atoms with E-state index in [1.807, 2.05) is 13.0 Å². The van der Waals surface area contributed by atoms with Crippen LogP contribution in [0.2, 0.25) is 0 Å². The SMILES string of the molecule is C=C(O)C(N)Cc1c(C)[nH]c2cc(O)ccc12. The summed E-state index contributed by atoms with van der Waals surface area (Å²) in [7, 11) is 0. The Morgan fingerprint density at radius 1 is 1.53 bits per heavy atom. The molecule has 2 aromatic rings. The molecule has 0 aliphatic heterocycles. The largest absolute Gasteiger partial charge is 0.511 e. The predicted molar refractivity (Wildman–Crippen MR) is 68.1 cm³/mol. The highest BCUT2D eigenvalue weighted by Gasteiger charge is 2.14. The third kappa shape index (κ3) is 2.12. The summed E-state index contributed by atoms with van der Waals surface area (Å²) < 4.78 is 0. The Morgan fingerprint density at radius 2 is 2.24 bits per heavy atom. The maximum Gasteiger partial charge on any atom is 0.117 e. The number of benzene rings is 1. The number of aromatic hydroxyl groups is 1. The predicted octanol–water partition coefficient (Wildman–Crippen LogP) is 2.12. The molecule has 0 fully saturated rings. The van der Waals surface area contributed by atoms with Crippen LogP contribution in [0, 0.1) is 6.92 Å². The van der Waals surface area contributed by atoms with Crippen molar-refractivity contribution >= 4 is 10.9 Å². The van der Waals surface area contributed by atoms with E-state index in [2.05, 4.69) is 11.6 Å². The lowest BCUT2D eigenvalue weighted by atomic mass is 10.0. The van der Waals surface area contributed by atoms with Crippen LogP contribution in [-0.2, 0) is 6.42 Å². The molecule has 1 aromatic carbocycles. The minimum atomic E-state index is -0.471. The van der Waals surface area contributed by atoms with Gasteiger partial charge in [-0.2, -0.15) is 0 Å². The van der Waals surface area contributed by atoms with Crippen LogP contribution >= 0.6 is 0 Å². The highest BCUT2D eigenvalue weighted by Crippen LogP contribution is 2.26. The number of rotatable bonds is 3. The van der Waals surface area contributed by atoms with Gasteiger partial charge in [-0.15, -0.1) is 0 Å². The van der Waals surface area contributed by atoms with Crippen LogP contribution in [0.1, 0.15) is 11.3 Å². The number of H-pyrrole nitrogens is 1. The Kier molecular flexibility index (Phi) is 2.81. The van der Waals surface area contributed by atoms with E-state index in [1.54, 1.807) is 12.1 Å². The normalized spacial score (nSPS) is 12.8. The summed E-state index contributed by atoms with van der Waals surface area (Å²) in [5.74, 6) is 0.207. The first-order valence-corrected chi connectivity index (χ1v) is 5.42. The molecule has 0 aliphatic rings. The Morgan fingerprint density at radius 3 is 2.88 bits per heavy atom. The van der Waals surface area contributed by atoms with Crippen molar-refractivity contribution in [1.29, 1.82) is 0 Å². The minimum Gasteiger partial charge on any atom is -0.511 e. The summed E-state index contributed by atoms with van der Waals surface area (Å²) >= 11 is 0. The van der Waals surface area contributed by atoms with Crippen LogP contribution in [0.25, 0.3) is 10.9 Å². The maximum atomic E-state index is 9.40. The third-order valence-corrected chi connectivity index (χ3v) is 2.96. The lowest BCUT2D eigenvalue weighted by Crippen LogP contribution is -2.24. The van der Waals surface area contributed by atoms with Crippen molar-refractivity contribution in [2.24, 2.45) is 5.73 Å². The number of phenols is 1. The summed E-state index contributed by atoms with van der Waals surface area (Å²) in [6.07, 6.45) is 0.520. The van der Waals surface area contributed by atoms with E-state index < -0.39 is 6.04 Å². The molecule has 4 heteroatoms. The van der Waals surface area contributed by atoms with Gasteiger partial charge in [-0.1, -0.05) is 6.58 Å². The van der Waals surface area contributed by atoms with Crippen LogP contribution in [0.4, 0.5) is 0 Å². The van der Waals surface area contributed by atoms with E-state index in [4.69, 9.17) is 5.73 Å². The summed E-state index contributed by atoms with van der Waals surface area (Å²) in [6.45, 7) is 5.38. The van der Waals surface area contributed by atoms with Gasteiger partial charge in [0.1, 0.15) is 11.5 Å². The van der Waals surface area contributed by atoms with Gasteiger partial charge in [0.2, 0.25) is 0 Å². The van der Waals surface area contributed by atoms with Crippen molar-refractivity contribution in [2.75, 3.05) is 0 Å². The van der Waals surface area contributed by atoms with E-state index in [-0.39, 0.29) is 11.5 Å². The molecular weight excluding hydrogens is 216 g/mol. The van der Waals surface area contributed by atoms with Crippen LogP contribution in [0.15, 0.2) is 30.5 Å². The summed E-state index contributed by atoms with van der Waals surface area (Å²) in [6, 6.07) is 4.68. The number of hydrogen-bond donors (Lipinski definition) is 4. The molecule has 90 valence electrons. The molecule has 2 rings (SSSR count). The van der Waals surface area contributed by atoms with Crippen LogP contribution in [0.5, 0.6) is 5.75 Å². The van der Waals surface area contributed by atoms with Gasteiger partial charge in [-0.05, 0) is 31.0 Å². The van der Waals surface area contributed by atoms with E-state index in [1.165, 1.54) is 0 Å². The average molecular weight is 232 g/mol. The molecule has 0 saturated heterocycles. The number of aliphatic hydroxyl groups is 1. The molecule has 4 nitrogen and oxygen atoms in total. The fourth-order valence-electron chi connectivity index (χ4n) is 1.98. The van der Waals surface area contributed by atoms with E-state index in [0.717, 1.165) is 22.2 Å². The second kappa shape index (κ2) is 4.14. The molecule has 5 N–H and O–H groups in total. The lowest BCUT2D eigenvalue weighted by Gasteiger charge is -2.09. The third-order valence-electron chi connectivity index (χ3n) is 2.96. The van der Waals surface area contributed by atoms with Gasteiger partial charge in [0.25, 0.3) is 0 Å². The van der Waals surface area contributed by atoms with Gasteiger partial charge < -0.3 is 20.9 Å². The number of aliphatic hydroxyl groups excluding tert-OH is 1. The molecule has 17 heavy (non-hydrogen) atoms. The minimum absolute atomic E-state index is 0.0162. The monoisotopic (exact) mass is 232 g/mol. The molecule has 0 aliphatic carbocycles. The molecule has 1 heterocycles. The molecule has 0 radical (unpaired) electrons. The first kappa shape index (κ1) is 11.5. The Bertz CT molecular complexity index is 572. The number of aryl methyl sites for hydroxylation is 1. The van der Waals surface area contributed by atoms with Crippen molar-refractivity contribution in [3.8, 4) is 5.75 Å². The van der Waals surface area contributed by atoms with Crippen molar-refractivity contribution in [3.63, 3.8) is 0 Å². The number of aromatic nitrogens is 1. The first-order valence-electron chi connectivity index (χ1n) is 5.42. The number of nitrogens with two attached hydrogens (primary N) is 1. The maximum absolute atomic E-state index is 9.40. The molecular formula is C13H16N2O2. The fraction of sp³-hybridized carbons (Fsp3) is 0.231. The first-order chi connectivity index (χ1) is 7.99. The average Bonchev–Trinajstić information content (AvgIpc) is 2.54. The Balaban J connectivity index is 2.46. The van der Waals surface area contributed by atoms with Gasteiger partial charge >= 0.3 is 0 Å². The second-order valence-electron chi connectivity index (χ2n) is 4.26. The number of nitrogens with one attached hydrogen (secondary N) is 1. The zero-order valence-corrected chi connectivity index (χ0v) is 9.70. The van der Waals surface area contributed by atoms with Crippen molar-refractivity contribution < 1.29 is 10.2 Å². The quantitative estimate of drug-likeness (QED) is 0.612. The van der Waals surface area contributed by atoms with Crippen molar-refractivity contribution in [3.05, 3.63) is 41.8 Å². The van der Waals surface area contributed by atoms with Crippen molar-refractivity contribution in [1.82, 2.24) is 4.98 Å². The van der Waals surface area contributed by atoms with Gasteiger partial charge in [0.05, 0.1) is 6.04 Å². The molecule has 0 bridgehead atoms. The van der Waals surface area contributed by atoms with E-state index in [0.29, 0.717) is 6.42 Å². The lowest BCUT2D eigenvalue weighted by molar-refractivity contribution is 0.368. The van der Waals surface area contributed by atoms with Gasteiger partial charge in [-0.25, -0.2) is 0 Å². The van der Waals surface area contributed by atoms with Crippen LogP contribution in [-0.4, -0.2) is 21.2 Å². The smallest absolute Gasteiger partial charge is 0.117 e. The Labute approximate surface area is 99.4 Å². The van der Waals surface area contributed by atoms with Gasteiger partial charge in [-0.3, -0.25) is 0 Å². The van der Waals surface area contributed by atoms with Gasteiger partial charge in [0.15, 0.2) is 0 Å². The topological polar surface area (TPSA) is 82.3 Å². The van der Waals surface area contributed by atoms with Crippen LogP contribution in [0.3, 0.4) is 0 Å². The van der Waals surface area contributed by atoms with E-state index >= 15 is 0 Å². The van der Waals surface area contributed by atoms with E-state index in [9.17, 15) is 10.2 Å². The highest BCUT2D eigenvalue weighted by atomic mass is 16.3. The number of hydrogen-bond acceptors (Lipinski definition) is 3.